The molecule has 4 heteroatoms. The van der Waals surface area contributed by atoms with Crippen molar-refractivity contribution in [2.75, 3.05) is 6.61 Å². The third kappa shape index (κ3) is 6.18. The minimum atomic E-state index is -0.848. The fraction of sp³-hybridized carbons (Fsp3) is 0.750. The van der Waals surface area contributed by atoms with Crippen molar-refractivity contribution < 1.29 is 13.9 Å². The van der Waals surface area contributed by atoms with Crippen LogP contribution in [-0.4, -0.2) is 12.2 Å². The smallest absolute Gasteiger partial charge is 0.220 e. The molecule has 2 nitrogen and oxygen atoms in total. The van der Waals surface area contributed by atoms with Gasteiger partial charge in [0.1, 0.15) is 12.4 Å². The van der Waals surface area contributed by atoms with Crippen LogP contribution in [0.3, 0.4) is 0 Å². The first kappa shape index (κ1) is 23.6. The fourth-order valence-corrected chi connectivity index (χ4v) is 4.65. The summed E-state index contributed by atoms with van der Waals surface area (Å²) in [6.45, 7) is 13.8. The second kappa shape index (κ2) is 9.45. The normalized spacial score (nSPS) is 21.0. The van der Waals surface area contributed by atoms with Crippen LogP contribution in [0.2, 0.25) is 5.02 Å². The van der Waals surface area contributed by atoms with Crippen molar-refractivity contribution in [3.63, 3.8) is 0 Å². The molecule has 0 N–H and O–H groups in total. The van der Waals surface area contributed by atoms with Crippen molar-refractivity contribution >= 4 is 11.6 Å². The van der Waals surface area contributed by atoms with Gasteiger partial charge in [0.15, 0.2) is 0 Å². The van der Waals surface area contributed by atoms with E-state index < -0.39 is 17.2 Å². The Balaban J connectivity index is 2.06. The summed E-state index contributed by atoms with van der Waals surface area (Å²) in [4.78, 5) is 0. The lowest BCUT2D eigenvalue weighted by Gasteiger charge is -2.44. The van der Waals surface area contributed by atoms with Gasteiger partial charge in [-0.3, -0.25) is 0 Å². The first-order valence-electron chi connectivity index (χ1n) is 10.8. The zero-order valence-corrected chi connectivity index (χ0v) is 19.3. The summed E-state index contributed by atoms with van der Waals surface area (Å²) in [6.07, 6.45) is 8.84. The summed E-state index contributed by atoms with van der Waals surface area (Å²) >= 11 is 5.84. The van der Waals surface area contributed by atoms with Crippen LogP contribution in [0.5, 0.6) is 0 Å². The van der Waals surface area contributed by atoms with Crippen LogP contribution in [0.25, 0.3) is 0 Å². The Bertz CT molecular complexity index is 632. The van der Waals surface area contributed by atoms with E-state index in [1.54, 1.807) is 12.1 Å². The van der Waals surface area contributed by atoms with E-state index in [1.165, 1.54) is 44.6 Å². The molecule has 28 heavy (non-hydrogen) atoms. The van der Waals surface area contributed by atoms with E-state index in [0.717, 1.165) is 6.42 Å². The van der Waals surface area contributed by atoms with E-state index in [2.05, 4.69) is 41.5 Å². The van der Waals surface area contributed by atoms with Gasteiger partial charge in [0.2, 0.25) is 5.79 Å². The zero-order valence-electron chi connectivity index (χ0n) is 18.5. The highest BCUT2D eigenvalue weighted by atomic mass is 35.5. The van der Waals surface area contributed by atoms with Gasteiger partial charge in [-0.15, -0.1) is 0 Å². The molecule has 0 saturated carbocycles. The van der Waals surface area contributed by atoms with Gasteiger partial charge < -0.3 is 9.47 Å². The predicted molar refractivity (Wildman–Crippen MR) is 115 cm³/mol. The Morgan fingerprint density at radius 1 is 1.11 bits per heavy atom. The molecule has 1 heterocycles. The number of halogens is 2. The summed E-state index contributed by atoms with van der Waals surface area (Å²) in [5.74, 6) is -0.918. The standard InChI is InChI=1S/C24H38ClFO2/c1-7-8-9-10-11-12-13-21(22(2,3)4)23(5,6)28-24(17-27-24)18-14-15-19(25)20(26)16-18/h14-16,21H,7-13,17H2,1-6H3. The lowest BCUT2D eigenvalue weighted by atomic mass is 9.69. The zero-order chi connectivity index (χ0) is 21.0. The molecule has 0 aliphatic carbocycles. The quantitative estimate of drug-likeness (QED) is 0.272. The summed E-state index contributed by atoms with van der Waals surface area (Å²) in [5, 5.41) is 0.120. The van der Waals surface area contributed by atoms with E-state index >= 15 is 0 Å². The Morgan fingerprint density at radius 2 is 1.71 bits per heavy atom. The summed E-state index contributed by atoms with van der Waals surface area (Å²) in [6, 6.07) is 4.81. The molecule has 2 rings (SSSR count). The van der Waals surface area contributed by atoms with Gasteiger partial charge in [-0.25, -0.2) is 4.39 Å². The van der Waals surface area contributed by atoms with E-state index in [-0.39, 0.29) is 10.4 Å². The van der Waals surface area contributed by atoms with E-state index in [1.807, 2.05) is 0 Å². The molecule has 1 aromatic rings. The van der Waals surface area contributed by atoms with Crippen molar-refractivity contribution in [1.29, 1.82) is 0 Å². The summed E-state index contributed by atoms with van der Waals surface area (Å²) in [5.41, 5.74) is 0.414. The number of epoxide rings is 1. The minimum Gasteiger partial charge on any atom is -0.338 e. The largest absolute Gasteiger partial charge is 0.338 e. The molecule has 160 valence electrons. The van der Waals surface area contributed by atoms with Crippen LogP contribution in [0.4, 0.5) is 4.39 Å². The van der Waals surface area contributed by atoms with Gasteiger partial charge in [-0.1, -0.05) is 83.9 Å². The van der Waals surface area contributed by atoms with Crippen LogP contribution in [0.1, 0.15) is 92.1 Å². The number of rotatable bonds is 11. The third-order valence-electron chi connectivity index (χ3n) is 5.92. The highest BCUT2D eigenvalue weighted by Crippen LogP contribution is 2.49. The summed E-state index contributed by atoms with van der Waals surface area (Å²) < 4.78 is 26.3. The second-order valence-electron chi connectivity index (χ2n) is 9.85. The van der Waals surface area contributed by atoms with Gasteiger partial charge in [0, 0.05) is 5.56 Å². The van der Waals surface area contributed by atoms with E-state index in [4.69, 9.17) is 21.1 Å². The van der Waals surface area contributed by atoms with Crippen molar-refractivity contribution in [2.24, 2.45) is 11.3 Å². The molecular weight excluding hydrogens is 375 g/mol. The van der Waals surface area contributed by atoms with Crippen molar-refractivity contribution in [2.45, 2.75) is 97.9 Å². The number of benzene rings is 1. The first-order valence-corrected chi connectivity index (χ1v) is 11.2. The monoisotopic (exact) mass is 412 g/mol. The number of ether oxygens (including phenoxy) is 2. The highest BCUT2D eigenvalue weighted by molar-refractivity contribution is 6.30. The molecule has 1 saturated heterocycles. The van der Waals surface area contributed by atoms with Crippen LogP contribution in [-0.2, 0) is 15.3 Å². The molecule has 0 radical (unpaired) electrons. The lowest BCUT2D eigenvalue weighted by molar-refractivity contribution is -0.183. The van der Waals surface area contributed by atoms with E-state index in [9.17, 15) is 4.39 Å². The van der Waals surface area contributed by atoms with Gasteiger partial charge in [0.25, 0.3) is 0 Å². The third-order valence-corrected chi connectivity index (χ3v) is 6.23. The van der Waals surface area contributed by atoms with Crippen molar-refractivity contribution in [1.82, 2.24) is 0 Å². The Morgan fingerprint density at radius 3 is 2.25 bits per heavy atom. The Hall–Kier alpha value is -0.640. The SMILES string of the molecule is CCCCCCCCC(C(C)(C)C)C(C)(C)OC1(c2ccc(Cl)c(F)c2)CO1. The maximum Gasteiger partial charge on any atom is 0.220 e. The molecule has 2 atom stereocenters. The Kier molecular flexibility index (Phi) is 7.98. The molecule has 0 spiro atoms. The fourth-order valence-electron chi connectivity index (χ4n) is 4.53. The molecule has 0 bridgehead atoms. The van der Waals surface area contributed by atoms with Crippen molar-refractivity contribution in [3.05, 3.63) is 34.6 Å². The van der Waals surface area contributed by atoms with Crippen LogP contribution in [0, 0.1) is 17.2 Å². The average Bonchev–Trinajstić information content (AvgIpc) is 3.35. The number of hydrogen-bond acceptors (Lipinski definition) is 2. The topological polar surface area (TPSA) is 21.8 Å². The first-order chi connectivity index (χ1) is 13.0. The van der Waals surface area contributed by atoms with Crippen LogP contribution < -0.4 is 0 Å². The Labute approximate surface area is 176 Å². The van der Waals surface area contributed by atoms with Crippen molar-refractivity contribution in [3.8, 4) is 0 Å². The highest BCUT2D eigenvalue weighted by Gasteiger charge is 2.54. The summed E-state index contributed by atoms with van der Waals surface area (Å²) in [7, 11) is 0. The molecule has 1 aliphatic heterocycles. The van der Waals surface area contributed by atoms with Gasteiger partial charge in [0.05, 0.1) is 10.6 Å². The van der Waals surface area contributed by atoms with Crippen LogP contribution in [0.15, 0.2) is 18.2 Å². The molecule has 1 fully saturated rings. The second-order valence-corrected chi connectivity index (χ2v) is 10.3. The predicted octanol–water partition coefficient (Wildman–Crippen LogP) is 7.87. The number of unbranched alkanes of at least 4 members (excludes halogenated alkanes) is 5. The molecular formula is C24H38ClFO2. The van der Waals surface area contributed by atoms with Gasteiger partial charge in [-0.2, -0.15) is 0 Å². The van der Waals surface area contributed by atoms with E-state index in [0.29, 0.717) is 18.1 Å². The molecule has 2 unspecified atom stereocenters. The maximum absolute atomic E-state index is 14.0. The van der Waals surface area contributed by atoms with Crippen LogP contribution >= 0.6 is 11.6 Å². The molecule has 0 amide bonds. The molecule has 0 aromatic heterocycles. The average molecular weight is 413 g/mol. The maximum atomic E-state index is 14.0. The minimum absolute atomic E-state index is 0.105. The lowest BCUT2D eigenvalue weighted by Crippen LogP contribution is -2.45. The number of hydrogen-bond donors (Lipinski definition) is 0. The van der Waals surface area contributed by atoms with Gasteiger partial charge in [-0.05, 0) is 43.7 Å². The van der Waals surface area contributed by atoms with Gasteiger partial charge >= 0.3 is 0 Å². The molecule has 1 aliphatic rings. The molecule has 1 aromatic carbocycles.